The van der Waals surface area contributed by atoms with E-state index in [1.54, 1.807) is 5.51 Å². The van der Waals surface area contributed by atoms with Crippen molar-refractivity contribution in [1.29, 1.82) is 0 Å². The lowest BCUT2D eigenvalue weighted by molar-refractivity contribution is 0.374. The molecule has 0 unspecified atom stereocenters. The topological polar surface area (TPSA) is 77.8 Å². The van der Waals surface area contributed by atoms with Crippen LogP contribution >= 0.6 is 11.3 Å². The fourth-order valence-electron chi connectivity index (χ4n) is 1.56. The Morgan fingerprint density at radius 2 is 2.12 bits per heavy atom. The summed E-state index contributed by atoms with van der Waals surface area (Å²) in [7, 11) is 0. The highest BCUT2D eigenvalue weighted by Gasteiger charge is 2.09. The predicted octanol–water partition coefficient (Wildman–Crippen LogP) is 2.25. The number of nitrogens with two attached hydrogens (primary N) is 1. The zero-order chi connectivity index (χ0) is 11.9. The fraction of sp³-hybridized carbons (Fsp3) is 0.545. The molecule has 0 aromatic carbocycles. The van der Waals surface area contributed by atoms with Crippen molar-refractivity contribution in [2.24, 2.45) is 5.73 Å². The molecule has 5 nitrogen and oxygen atoms in total. The van der Waals surface area contributed by atoms with Gasteiger partial charge in [0.05, 0.1) is 5.51 Å². The molecule has 6 heteroatoms. The quantitative estimate of drug-likeness (QED) is 0.765. The monoisotopic (exact) mass is 252 g/mol. The van der Waals surface area contributed by atoms with Crippen LogP contribution in [0.15, 0.2) is 15.4 Å². The maximum Gasteiger partial charge on any atom is 0.227 e. The number of hydrogen-bond acceptors (Lipinski definition) is 6. The second kappa shape index (κ2) is 6.46. The molecule has 0 aliphatic rings. The van der Waals surface area contributed by atoms with Gasteiger partial charge in [0.25, 0.3) is 0 Å². The molecular weight excluding hydrogens is 236 g/mol. The van der Waals surface area contributed by atoms with E-state index in [1.807, 2.05) is 5.38 Å². The third kappa shape index (κ3) is 3.61. The third-order valence-corrected chi connectivity index (χ3v) is 3.06. The molecule has 0 atom stereocenters. The van der Waals surface area contributed by atoms with Gasteiger partial charge in [-0.3, -0.25) is 0 Å². The summed E-state index contributed by atoms with van der Waals surface area (Å²) < 4.78 is 5.17. The first-order chi connectivity index (χ1) is 8.40. The minimum atomic E-state index is 0.586. The molecule has 0 fully saturated rings. The summed E-state index contributed by atoms with van der Waals surface area (Å²) in [6.45, 7) is 0.772. The Morgan fingerprint density at radius 3 is 2.88 bits per heavy atom. The lowest BCUT2D eigenvalue weighted by Crippen LogP contribution is -1.97. The first kappa shape index (κ1) is 12.2. The number of aryl methyl sites for hydroxylation is 1. The van der Waals surface area contributed by atoms with Crippen molar-refractivity contribution in [3.63, 3.8) is 0 Å². The molecule has 0 aliphatic heterocycles. The van der Waals surface area contributed by atoms with Gasteiger partial charge in [-0.05, 0) is 19.4 Å². The van der Waals surface area contributed by atoms with Crippen molar-refractivity contribution in [3.05, 3.63) is 16.8 Å². The van der Waals surface area contributed by atoms with Crippen LogP contribution in [0.4, 0.5) is 0 Å². The van der Waals surface area contributed by atoms with Gasteiger partial charge < -0.3 is 10.3 Å². The Kier molecular flexibility index (Phi) is 4.63. The molecule has 2 rings (SSSR count). The van der Waals surface area contributed by atoms with Gasteiger partial charge in [-0.1, -0.05) is 18.0 Å². The summed E-state index contributed by atoms with van der Waals surface area (Å²) in [5, 5.41) is 5.82. The molecule has 0 amide bonds. The molecular formula is C11H16N4OS. The SMILES string of the molecule is NCCCCCCc1nc(-c2cscn2)no1. The summed E-state index contributed by atoms with van der Waals surface area (Å²) in [4.78, 5) is 8.45. The normalized spacial score (nSPS) is 10.9. The number of aromatic nitrogens is 3. The van der Waals surface area contributed by atoms with Crippen LogP contribution in [0.2, 0.25) is 0 Å². The minimum Gasteiger partial charge on any atom is -0.339 e. The van der Waals surface area contributed by atoms with Gasteiger partial charge in [0, 0.05) is 11.8 Å². The number of hydrogen-bond donors (Lipinski definition) is 1. The van der Waals surface area contributed by atoms with Crippen molar-refractivity contribution >= 4 is 11.3 Å². The van der Waals surface area contributed by atoms with Crippen molar-refractivity contribution in [2.45, 2.75) is 32.1 Å². The molecule has 2 aromatic heterocycles. The van der Waals surface area contributed by atoms with Crippen LogP contribution in [0, 0.1) is 0 Å². The highest BCUT2D eigenvalue weighted by Crippen LogP contribution is 2.16. The van der Waals surface area contributed by atoms with Crippen LogP contribution in [-0.4, -0.2) is 21.7 Å². The first-order valence-corrected chi connectivity index (χ1v) is 6.75. The average molecular weight is 252 g/mol. The van der Waals surface area contributed by atoms with E-state index in [9.17, 15) is 0 Å². The smallest absolute Gasteiger partial charge is 0.227 e. The van der Waals surface area contributed by atoms with Crippen LogP contribution in [0.5, 0.6) is 0 Å². The van der Waals surface area contributed by atoms with E-state index in [2.05, 4.69) is 15.1 Å². The summed E-state index contributed by atoms with van der Waals surface area (Å²) in [6, 6.07) is 0. The van der Waals surface area contributed by atoms with E-state index >= 15 is 0 Å². The van der Waals surface area contributed by atoms with E-state index in [1.165, 1.54) is 17.8 Å². The standard InChI is InChI=1S/C11H16N4OS/c12-6-4-2-1-3-5-10-14-11(15-16-10)9-7-17-8-13-9/h7-8H,1-6,12H2. The second-order valence-electron chi connectivity index (χ2n) is 3.84. The lowest BCUT2D eigenvalue weighted by Gasteiger charge is -1.95. The minimum absolute atomic E-state index is 0.586. The van der Waals surface area contributed by atoms with Gasteiger partial charge in [-0.2, -0.15) is 4.98 Å². The number of rotatable bonds is 7. The lowest BCUT2D eigenvalue weighted by atomic mass is 10.1. The predicted molar refractivity (Wildman–Crippen MR) is 66.6 cm³/mol. The summed E-state index contributed by atoms with van der Waals surface area (Å²) >= 11 is 1.53. The molecule has 2 heterocycles. The van der Waals surface area contributed by atoms with Gasteiger partial charge >= 0.3 is 0 Å². The molecule has 0 radical (unpaired) electrons. The maximum absolute atomic E-state index is 5.43. The van der Waals surface area contributed by atoms with Crippen LogP contribution in [0.25, 0.3) is 11.5 Å². The van der Waals surface area contributed by atoms with E-state index in [0.29, 0.717) is 11.7 Å². The number of nitrogens with zero attached hydrogens (tertiary/aromatic N) is 3. The maximum atomic E-state index is 5.43. The number of thiazole rings is 1. The van der Waals surface area contributed by atoms with E-state index in [-0.39, 0.29) is 0 Å². The summed E-state index contributed by atoms with van der Waals surface area (Å²) in [5.41, 5.74) is 7.98. The average Bonchev–Trinajstić information content (AvgIpc) is 2.99. The third-order valence-electron chi connectivity index (χ3n) is 2.47. The second-order valence-corrected chi connectivity index (χ2v) is 4.56. The van der Waals surface area contributed by atoms with E-state index < -0.39 is 0 Å². The largest absolute Gasteiger partial charge is 0.339 e. The first-order valence-electron chi connectivity index (χ1n) is 5.81. The van der Waals surface area contributed by atoms with Gasteiger partial charge in [-0.25, -0.2) is 4.98 Å². The van der Waals surface area contributed by atoms with Gasteiger partial charge in [0.2, 0.25) is 11.7 Å². The van der Waals surface area contributed by atoms with Gasteiger partial charge in [-0.15, -0.1) is 11.3 Å². The highest BCUT2D eigenvalue weighted by molar-refractivity contribution is 7.07. The Balaban J connectivity index is 1.79. The molecule has 0 spiro atoms. The van der Waals surface area contributed by atoms with Crippen molar-refractivity contribution in [1.82, 2.24) is 15.1 Å². The van der Waals surface area contributed by atoms with Crippen LogP contribution in [0.1, 0.15) is 31.6 Å². The zero-order valence-electron chi connectivity index (χ0n) is 9.63. The molecule has 0 bridgehead atoms. The fourth-order valence-corrected chi connectivity index (χ4v) is 2.09. The van der Waals surface area contributed by atoms with Crippen molar-refractivity contribution < 1.29 is 4.52 Å². The zero-order valence-corrected chi connectivity index (χ0v) is 10.4. The van der Waals surface area contributed by atoms with Crippen LogP contribution in [0.3, 0.4) is 0 Å². The molecule has 92 valence electrons. The van der Waals surface area contributed by atoms with E-state index in [4.69, 9.17) is 10.3 Å². The molecule has 2 aromatic rings. The Bertz CT molecular complexity index is 426. The van der Waals surface area contributed by atoms with E-state index in [0.717, 1.165) is 37.9 Å². The Labute approximate surface area is 104 Å². The van der Waals surface area contributed by atoms with Gasteiger partial charge in [0.15, 0.2) is 0 Å². The molecule has 17 heavy (non-hydrogen) atoms. The Hall–Kier alpha value is -1.27. The van der Waals surface area contributed by atoms with Crippen molar-refractivity contribution in [3.8, 4) is 11.5 Å². The number of unbranched alkanes of at least 4 members (excludes halogenated alkanes) is 3. The molecule has 0 aliphatic carbocycles. The van der Waals surface area contributed by atoms with Crippen molar-refractivity contribution in [2.75, 3.05) is 6.54 Å². The molecule has 0 saturated heterocycles. The Morgan fingerprint density at radius 1 is 1.24 bits per heavy atom. The van der Waals surface area contributed by atoms with Gasteiger partial charge in [0.1, 0.15) is 5.69 Å². The van der Waals surface area contributed by atoms with Crippen LogP contribution in [-0.2, 0) is 6.42 Å². The van der Waals surface area contributed by atoms with Crippen LogP contribution < -0.4 is 5.73 Å². The molecule has 2 N–H and O–H groups in total. The summed E-state index contributed by atoms with van der Waals surface area (Å²) in [6.07, 6.45) is 5.32. The highest BCUT2D eigenvalue weighted by atomic mass is 32.1. The summed E-state index contributed by atoms with van der Waals surface area (Å²) in [5.74, 6) is 1.28. The molecule has 0 saturated carbocycles.